The van der Waals surface area contributed by atoms with Gasteiger partial charge >= 0.3 is 5.97 Å². The van der Waals surface area contributed by atoms with Crippen LogP contribution in [0.2, 0.25) is 0 Å². The second kappa shape index (κ2) is 7.93. The van der Waals surface area contributed by atoms with E-state index in [1.165, 1.54) is 5.56 Å². The van der Waals surface area contributed by atoms with E-state index in [-0.39, 0.29) is 0 Å². The number of carboxylic acid groups (broad SMARTS) is 1. The average Bonchev–Trinajstić information content (AvgIpc) is 2.56. The highest BCUT2D eigenvalue weighted by Crippen LogP contribution is 2.34. The van der Waals surface area contributed by atoms with E-state index < -0.39 is 11.4 Å². The molecule has 2 rings (SSSR count). The Morgan fingerprint density at radius 3 is 2.04 bits per heavy atom. The molecule has 0 amide bonds. The second-order valence-electron chi connectivity index (χ2n) is 6.29. The van der Waals surface area contributed by atoms with Crippen molar-refractivity contribution in [2.75, 3.05) is 20.6 Å². The Kier molecular flexibility index (Phi) is 5.94. The van der Waals surface area contributed by atoms with Crippen molar-refractivity contribution in [3.8, 4) is 0 Å². The molecule has 1 atom stereocenters. The molecule has 0 heterocycles. The van der Waals surface area contributed by atoms with Crippen molar-refractivity contribution >= 4 is 5.97 Å². The van der Waals surface area contributed by atoms with E-state index in [4.69, 9.17) is 0 Å². The molecular formula is C20H25NO2. The molecule has 0 aliphatic carbocycles. The summed E-state index contributed by atoms with van der Waals surface area (Å²) < 4.78 is 0. The fourth-order valence-corrected chi connectivity index (χ4v) is 2.93. The largest absolute Gasteiger partial charge is 0.481 e. The zero-order valence-corrected chi connectivity index (χ0v) is 13.9. The number of benzene rings is 2. The first-order chi connectivity index (χ1) is 11.0. The summed E-state index contributed by atoms with van der Waals surface area (Å²) in [7, 11) is 3.96. The van der Waals surface area contributed by atoms with Crippen molar-refractivity contribution in [1.82, 2.24) is 4.90 Å². The molecule has 23 heavy (non-hydrogen) atoms. The number of aliphatic carboxylic acids is 1. The molecule has 1 N–H and O–H groups in total. The quantitative estimate of drug-likeness (QED) is 0.810. The van der Waals surface area contributed by atoms with E-state index in [2.05, 4.69) is 12.1 Å². The van der Waals surface area contributed by atoms with Crippen LogP contribution in [0.3, 0.4) is 0 Å². The minimum Gasteiger partial charge on any atom is -0.481 e. The normalized spacial score (nSPS) is 13.7. The van der Waals surface area contributed by atoms with Crippen molar-refractivity contribution in [3.63, 3.8) is 0 Å². The Bertz CT molecular complexity index is 610. The summed E-state index contributed by atoms with van der Waals surface area (Å²) in [6, 6.07) is 19.8. The van der Waals surface area contributed by atoms with Crippen molar-refractivity contribution in [1.29, 1.82) is 0 Å². The van der Waals surface area contributed by atoms with Crippen LogP contribution < -0.4 is 0 Å². The molecule has 122 valence electrons. The lowest BCUT2D eigenvalue weighted by Gasteiger charge is -2.31. The molecule has 0 saturated heterocycles. The highest BCUT2D eigenvalue weighted by Gasteiger charge is 2.39. The lowest BCUT2D eigenvalue weighted by molar-refractivity contribution is -0.144. The van der Waals surface area contributed by atoms with E-state index >= 15 is 0 Å². The van der Waals surface area contributed by atoms with Gasteiger partial charge in [0.2, 0.25) is 0 Å². The number of rotatable bonds is 8. The molecule has 1 unspecified atom stereocenters. The lowest BCUT2D eigenvalue weighted by Crippen LogP contribution is -2.39. The van der Waals surface area contributed by atoms with Crippen molar-refractivity contribution in [2.45, 2.75) is 24.7 Å². The minimum atomic E-state index is -0.846. The lowest BCUT2D eigenvalue weighted by atomic mass is 9.73. The molecule has 0 aliphatic heterocycles. The number of carbonyl (C=O) groups is 1. The molecule has 0 saturated carbocycles. The number of hydrogen-bond acceptors (Lipinski definition) is 2. The Morgan fingerprint density at radius 2 is 1.52 bits per heavy atom. The average molecular weight is 311 g/mol. The van der Waals surface area contributed by atoms with E-state index in [1.54, 1.807) is 0 Å². The zero-order chi connectivity index (χ0) is 16.7. The van der Waals surface area contributed by atoms with Crippen molar-refractivity contribution in [3.05, 3.63) is 71.8 Å². The topological polar surface area (TPSA) is 40.5 Å². The molecule has 0 aliphatic rings. The maximum absolute atomic E-state index is 12.2. The fraction of sp³-hybridized carbons (Fsp3) is 0.350. The molecule has 0 radical (unpaired) electrons. The summed E-state index contributed by atoms with van der Waals surface area (Å²) in [6.45, 7) is 0.746. The Morgan fingerprint density at radius 1 is 0.957 bits per heavy atom. The monoisotopic (exact) mass is 311 g/mol. The molecule has 3 nitrogen and oxygen atoms in total. The van der Waals surface area contributed by atoms with Gasteiger partial charge in [-0.05, 0) is 51.0 Å². The predicted molar refractivity (Wildman–Crippen MR) is 93.7 cm³/mol. The van der Waals surface area contributed by atoms with Crippen molar-refractivity contribution < 1.29 is 9.90 Å². The van der Waals surface area contributed by atoms with Gasteiger partial charge in [-0.2, -0.15) is 0 Å². The van der Waals surface area contributed by atoms with Crippen LogP contribution in [0.4, 0.5) is 0 Å². The molecule has 0 fully saturated rings. The Labute approximate surface area is 138 Å². The van der Waals surface area contributed by atoms with Crippen LogP contribution in [0, 0.1) is 0 Å². The summed E-state index contributed by atoms with van der Waals surface area (Å²) in [4.78, 5) is 14.3. The van der Waals surface area contributed by atoms with Gasteiger partial charge in [0.1, 0.15) is 0 Å². The number of nitrogens with zero attached hydrogens (tertiary/aromatic N) is 1. The third kappa shape index (κ3) is 4.42. The Hall–Kier alpha value is -2.13. The maximum Gasteiger partial charge on any atom is 0.314 e. The highest BCUT2D eigenvalue weighted by molar-refractivity contribution is 5.81. The second-order valence-corrected chi connectivity index (χ2v) is 6.29. The van der Waals surface area contributed by atoms with Crippen LogP contribution in [0.25, 0.3) is 0 Å². The Balaban J connectivity index is 2.30. The number of hydrogen-bond donors (Lipinski definition) is 1. The molecule has 0 spiro atoms. The van der Waals surface area contributed by atoms with Crippen LogP contribution in [0.5, 0.6) is 0 Å². The minimum absolute atomic E-state index is 0.601. The first-order valence-electron chi connectivity index (χ1n) is 8.02. The van der Waals surface area contributed by atoms with Gasteiger partial charge < -0.3 is 10.0 Å². The first-order valence-corrected chi connectivity index (χ1v) is 8.02. The molecule has 0 aromatic heterocycles. The van der Waals surface area contributed by atoms with Crippen LogP contribution >= 0.6 is 0 Å². The molecular weight excluding hydrogens is 286 g/mol. The van der Waals surface area contributed by atoms with Gasteiger partial charge in [0.25, 0.3) is 0 Å². The zero-order valence-electron chi connectivity index (χ0n) is 13.9. The van der Waals surface area contributed by atoms with E-state index in [0.29, 0.717) is 12.8 Å². The summed E-state index contributed by atoms with van der Waals surface area (Å²) in [5, 5.41) is 10.0. The third-order valence-corrected chi connectivity index (χ3v) is 4.40. The van der Waals surface area contributed by atoms with Crippen molar-refractivity contribution in [2.24, 2.45) is 0 Å². The van der Waals surface area contributed by atoms with E-state index in [0.717, 1.165) is 18.5 Å². The SMILES string of the molecule is CN(C)CCC(CCc1ccccc1)(C(=O)O)c1ccccc1. The van der Waals surface area contributed by atoms with Crippen LogP contribution in [-0.2, 0) is 16.6 Å². The smallest absolute Gasteiger partial charge is 0.314 e. The van der Waals surface area contributed by atoms with Gasteiger partial charge in [0.05, 0.1) is 5.41 Å². The van der Waals surface area contributed by atoms with Gasteiger partial charge in [-0.3, -0.25) is 4.79 Å². The van der Waals surface area contributed by atoms with Gasteiger partial charge in [-0.25, -0.2) is 0 Å². The standard InChI is InChI=1S/C20H25NO2/c1-21(2)16-15-20(19(22)23,18-11-7-4-8-12-18)14-13-17-9-5-3-6-10-17/h3-12H,13-16H2,1-2H3,(H,22,23). The molecule has 2 aromatic rings. The van der Waals surface area contributed by atoms with Gasteiger partial charge in [0, 0.05) is 0 Å². The van der Waals surface area contributed by atoms with E-state index in [1.807, 2.05) is 67.5 Å². The summed E-state index contributed by atoms with van der Waals surface area (Å²) in [5.41, 5.74) is 1.23. The van der Waals surface area contributed by atoms with Gasteiger partial charge in [-0.1, -0.05) is 60.7 Å². The van der Waals surface area contributed by atoms with Crippen LogP contribution in [-0.4, -0.2) is 36.6 Å². The third-order valence-electron chi connectivity index (χ3n) is 4.40. The molecule has 2 aromatic carbocycles. The predicted octanol–water partition coefficient (Wildman–Crippen LogP) is 3.59. The maximum atomic E-state index is 12.2. The van der Waals surface area contributed by atoms with Crippen LogP contribution in [0.1, 0.15) is 24.0 Å². The summed E-state index contributed by atoms with van der Waals surface area (Å²) >= 11 is 0. The van der Waals surface area contributed by atoms with E-state index in [9.17, 15) is 9.90 Å². The molecule has 3 heteroatoms. The van der Waals surface area contributed by atoms with Gasteiger partial charge in [-0.15, -0.1) is 0 Å². The highest BCUT2D eigenvalue weighted by atomic mass is 16.4. The van der Waals surface area contributed by atoms with Crippen LogP contribution in [0.15, 0.2) is 60.7 Å². The summed E-state index contributed by atoms with van der Waals surface area (Å²) in [5.74, 6) is -0.735. The van der Waals surface area contributed by atoms with Gasteiger partial charge in [0.15, 0.2) is 0 Å². The first kappa shape index (κ1) is 17.2. The summed E-state index contributed by atoms with van der Waals surface area (Å²) in [6.07, 6.45) is 1.96. The molecule has 0 bridgehead atoms. The fourth-order valence-electron chi connectivity index (χ4n) is 2.93. The number of carboxylic acids is 1. The number of aryl methyl sites for hydroxylation is 1.